The zero-order valence-corrected chi connectivity index (χ0v) is 23.4. The number of alkyl carbamates (subject to hydrolysis) is 1. The molecule has 4 fully saturated rings. The van der Waals surface area contributed by atoms with Crippen molar-refractivity contribution in [3.05, 3.63) is 24.0 Å². The number of rotatable bonds is 5. The molecule has 204 valence electrons. The van der Waals surface area contributed by atoms with E-state index in [2.05, 4.69) is 10.3 Å². The van der Waals surface area contributed by atoms with E-state index in [-0.39, 0.29) is 23.9 Å². The molecule has 2 aliphatic carbocycles. The van der Waals surface area contributed by atoms with Crippen molar-refractivity contribution in [3.8, 4) is 0 Å². The summed E-state index contributed by atoms with van der Waals surface area (Å²) in [5.41, 5.74) is 1.85. The fourth-order valence-corrected chi connectivity index (χ4v) is 6.66. The number of methoxy groups -OCH3 is 1. The quantitative estimate of drug-likeness (QED) is 0.582. The van der Waals surface area contributed by atoms with Crippen molar-refractivity contribution in [2.24, 2.45) is 23.7 Å². The summed E-state index contributed by atoms with van der Waals surface area (Å²) >= 11 is 0. The number of imidazole rings is 1. The lowest BCUT2D eigenvalue weighted by atomic mass is 9.70. The maximum Gasteiger partial charge on any atom is 0.494 e. The normalized spacial score (nSPS) is 31.4. The van der Waals surface area contributed by atoms with Crippen LogP contribution in [0.25, 0.3) is 11.0 Å². The molecule has 1 aromatic heterocycles. The molecule has 3 heterocycles. The molecule has 6 rings (SSSR count). The number of carbonyl (C=O) groups excluding carboxylic acids is 2. The number of nitrogens with one attached hydrogen (secondary N) is 2. The molecule has 2 aromatic rings. The van der Waals surface area contributed by atoms with E-state index in [9.17, 15) is 9.59 Å². The highest BCUT2D eigenvalue weighted by atomic mass is 16.7. The van der Waals surface area contributed by atoms with Crippen LogP contribution in [-0.2, 0) is 18.8 Å². The van der Waals surface area contributed by atoms with E-state index in [1.165, 1.54) is 13.5 Å². The Balaban J connectivity index is 1.30. The lowest BCUT2D eigenvalue weighted by Gasteiger charge is -2.57. The summed E-state index contributed by atoms with van der Waals surface area (Å²) in [4.78, 5) is 36.5. The third-order valence-corrected chi connectivity index (χ3v) is 9.72. The summed E-state index contributed by atoms with van der Waals surface area (Å²) in [6.45, 7) is 12.1. The van der Waals surface area contributed by atoms with Gasteiger partial charge in [-0.15, -0.1) is 0 Å². The number of fused-ring (bicyclic) bond motifs is 3. The number of H-pyrrole nitrogens is 1. The lowest BCUT2D eigenvalue weighted by molar-refractivity contribution is -0.163. The first kappa shape index (κ1) is 25.7. The van der Waals surface area contributed by atoms with Gasteiger partial charge in [0.05, 0.1) is 35.4 Å². The van der Waals surface area contributed by atoms with Crippen molar-refractivity contribution >= 4 is 35.6 Å². The maximum absolute atomic E-state index is 13.9. The van der Waals surface area contributed by atoms with Gasteiger partial charge in [0, 0.05) is 12.0 Å². The number of likely N-dealkylation sites (tertiary alicyclic amines) is 1. The first-order chi connectivity index (χ1) is 17.9. The molecule has 4 aliphatic rings. The monoisotopic (exact) mass is 522 g/mol. The molecule has 0 spiro atoms. The molecule has 2 aliphatic heterocycles. The van der Waals surface area contributed by atoms with E-state index in [1.807, 2.05) is 64.6 Å². The van der Waals surface area contributed by atoms with Crippen LogP contribution >= 0.6 is 0 Å². The minimum atomic E-state index is -0.651. The summed E-state index contributed by atoms with van der Waals surface area (Å²) in [7, 11) is 0.865. The van der Waals surface area contributed by atoms with E-state index >= 15 is 0 Å². The molecular weight excluding hydrogens is 483 g/mol. The molecule has 2 N–H and O–H groups in total. The standard InChI is InChI=1S/C28H39BN4O5/c1-14(2)22(32-26(35)36-7)25(34)33-21-12-16-10-15(16)11-18(21)23(33)24-30-19-9-8-17(13-20(19)31-24)29-37-27(3,4)28(5,6)38-29/h8-9,13-16,18,21-23H,10-12H2,1-7H3,(H,30,31)(H,32,35). The van der Waals surface area contributed by atoms with Crippen LogP contribution in [0.4, 0.5) is 4.79 Å². The summed E-state index contributed by atoms with van der Waals surface area (Å²) in [6, 6.07) is 5.44. The molecule has 2 saturated heterocycles. The summed E-state index contributed by atoms with van der Waals surface area (Å²) < 4.78 is 17.3. The molecule has 2 amide bonds. The van der Waals surface area contributed by atoms with Gasteiger partial charge in [0.1, 0.15) is 11.9 Å². The lowest BCUT2D eigenvalue weighted by Crippen LogP contribution is -2.66. The average molecular weight is 522 g/mol. The van der Waals surface area contributed by atoms with Gasteiger partial charge < -0.3 is 29.2 Å². The Labute approximate surface area is 224 Å². The zero-order chi connectivity index (χ0) is 27.1. The van der Waals surface area contributed by atoms with Crippen LogP contribution < -0.4 is 10.8 Å². The molecule has 9 nitrogen and oxygen atoms in total. The van der Waals surface area contributed by atoms with Crippen LogP contribution in [0, 0.1) is 23.7 Å². The molecule has 38 heavy (non-hydrogen) atoms. The topological polar surface area (TPSA) is 106 Å². The highest BCUT2D eigenvalue weighted by Gasteiger charge is 2.61. The van der Waals surface area contributed by atoms with Crippen LogP contribution in [0.2, 0.25) is 0 Å². The Morgan fingerprint density at radius 2 is 1.82 bits per heavy atom. The van der Waals surface area contributed by atoms with E-state index in [0.29, 0.717) is 5.92 Å². The van der Waals surface area contributed by atoms with E-state index in [4.69, 9.17) is 19.0 Å². The van der Waals surface area contributed by atoms with Gasteiger partial charge >= 0.3 is 13.2 Å². The number of hydrogen-bond acceptors (Lipinski definition) is 6. The zero-order valence-electron chi connectivity index (χ0n) is 23.4. The van der Waals surface area contributed by atoms with Crippen LogP contribution in [0.1, 0.15) is 72.7 Å². The largest absolute Gasteiger partial charge is 0.494 e. The van der Waals surface area contributed by atoms with E-state index in [1.54, 1.807) is 0 Å². The van der Waals surface area contributed by atoms with Crippen molar-refractivity contribution in [1.29, 1.82) is 0 Å². The number of aromatic nitrogens is 2. The Morgan fingerprint density at radius 1 is 1.13 bits per heavy atom. The Bertz CT molecular complexity index is 1260. The summed E-state index contributed by atoms with van der Waals surface area (Å²) in [5, 5.41) is 2.77. The molecule has 0 radical (unpaired) electrons. The van der Waals surface area contributed by atoms with Crippen LogP contribution in [0.3, 0.4) is 0 Å². The Morgan fingerprint density at radius 3 is 2.47 bits per heavy atom. The van der Waals surface area contributed by atoms with Gasteiger partial charge in [0.15, 0.2) is 0 Å². The molecular formula is C28H39BN4O5. The van der Waals surface area contributed by atoms with Gasteiger partial charge in [-0.3, -0.25) is 4.79 Å². The van der Waals surface area contributed by atoms with Crippen molar-refractivity contribution in [3.63, 3.8) is 0 Å². The maximum atomic E-state index is 13.9. The molecule has 10 heteroatoms. The number of carbonyl (C=O) groups is 2. The van der Waals surface area contributed by atoms with Crippen molar-refractivity contribution < 1.29 is 23.6 Å². The van der Waals surface area contributed by atoms with Crippen molar-refractivity contribution in [2.75, 3.05) is 7.11 Å². The molecule has 1 aromatic carbocycles. The van der Waals surface area contributed by atoms with Gasteiger partial charge in [0.2, 0.25) is 5.91 Å². The van der Waals surface area contributed by atoms with Crippen LogP contribution in [0.5, 0.6) is 0 Å². The number of nitrogens with zero attached hydrogens (tertiary/aromatic N) is 2. The van der Waals surface area contributed by atoms with Gasteiger partial charge in [-0.1, -0.05) is 19.9 Å². The van der Waals surface area contributed by atoms with Gasteiger partial charge in [-0.25, -0.2) is 9.78 Å². The van der Waals surface area contributed by atoms with E-state index in [0.717, 1.165) is 47.0 Å². The second-order valence-electron chi connectivity index (χ2n) is 13.0. The molecule has 6 unspecified atom stereocenters. The fraction of sp³-hybridized carbons (Fsp3) is 0.679. The number of benzene rings is 1. The van der Waals surface area contributed by atoms with Crippen LogP contribution in [0.15, 0.2) is 18.2 Å². The van der Waals surface area contributed by atoms with Gasteiger partial charge in [0.25, 0.3) is 0 Å². The fourth-order valence-electron chi connectivity index (χ4n) is 6.66. The van der Waals surface area contributed by atoms with Gasteiger partial charge in [-0.2, -0.15) is 0 Å². The SMILES string of the molecule is COC(=O)NC(C(=O)N1C2CC3CC3CC2C1c1nc2ccc(B3OC(C)(C)C(C)(C)O3)cc2[nH]1)C(C)C. The number of ether oxygens (including phenoxy) is 1. The number of hydrogen-bond donors (Lipinski definition) is 2. The molecule has 6 atom stereocenters. The third kappa shape index (κ3) is 4.02. The minimum Gasteiger partial charge on any atom is -0.453 e. The van der Waals surface area contributed by atoms with Crippen LogP contribution in [-0.4, -0.2) is 64.4 Å². The predicted molar refractivity (Wildman–Crippen MR) is 144 cm³/mol. The van der Waals surface area contributed by atoms with Crippen molar-refractivity contribution in [1.82, 2.24) is 20.2 Å². The summed E-state index contributed by atoms with van der Waals surface area (Å²) in [5.74, 6) is 2.53. The Hall–Kier alpha value is -2.59. The van der Waals surface area contributed by atoms with Crippen molar-refractivity contribution in [2.45, 2.75) is 90.1 Å². The van der Waals surface area contributed by atoms with E-state index < -0.39 is 30.5 Å². The first-order valence-corrected chi connectivity index (χ1v) is 13.9. The second-order valence-corrected chi connectivity index (χ2v) is 13.0. The molecule has 2 saturated carbocycles. The number of amides is 2. The third-order valence-electron chi connectivity index (χ3n) is 9.72. The predicted octanol–water partition coefficient (Wildman–Crippen LogP) is 3.54. The minimum absolute atomic E-state index is 0.0610. The van der Waals surface area contributed by atoms with Gasteiger partial charge in [-0.05, 0) is 82.3 Å². The summed E-state index contributed by atoms with van der Waals surface area (Å²) in [6.07, 6.45) is 2.83. The average Bonchev–Trinajstić information content (AvgIpc) is 3.42. The first-order valence-electron chi connectivity index (χ1n) is 13.9. The smallest absolute Gasteiger partial charge is 0.453 e. The molecule has 0 bridgehead atoms. The second kappa shape index (κ2) is 8.71. The Kier molecular flexibility index (Phi) is 5.89. The highest BCUT2D eigenvalue weighted by Crippen LogP contribution is 2.61. The highest BCUT2D eigenvalue weighted by molar-refractivity contribution is 6.62. The number of aromatic amines is 1.